The van der Waals surface area contributed by atoms with E-state index in [0.29, 0.717) is 6.54 Å². The maximum Gasteiger partial charge on any atom is 0.0738 e. The number of rotatable bonds is 5. The molecule has 0 saturated carbocycles. The Morgan fingerprint density at radius 2 is 0.600 bits per heavy atom. The lowest BCUT2D eigenvalue weighted by Crippen LogP contribution is -2.04. The molecule has 5 heterocycles. The summed E-state index contributed by atoms with van der Waals surface area (Å²) >= 11 is 0. The monoisotopic (exact) mass is 641 g/mol. The molecule has 9 rings (SSSR count). The van der Waals surface area contributed by atoms with Gasteiger partial charge in [-0.05, 0) is 76.4 Å². The zero-order valence-electron chi connectivity index (χ0n) is 27.2. The van der Waals surface area contributed by atoms with Gasteiger partial charge in [-0.25, -0.2) is 20.0 Å². The van der Waals surface area contributed by atoms with E-state index in [2.05, 4.69) is 146 Å². The minimum absolute atomic E-state index is 0.477. The summed E-state index contributed by atoms with van der Waals surface area (Å²) < 4.78 is 0. The molecule has 5 nitrogen and oxygen atoms in total. The van der Waals surface area contributed by atoms with Crippen molar-refractivity contribution in [3.63, 3.8) is 0 Å². The molecule has 2 N–H and O–H groups in total. The van der Waals surface area contributed by atoms with Crippen LogP contribution in [0.15, 0.2) is 207 Å². The molecule has 50 heavy (non-hydrogen) atoms. The molecule has 0 fully saturated rings. The fraction of sp³-hybridized carbons (Fsp3) is 0.0222. The van der Waals surface area contributed by atoms with Crippen LogP contribution >= 0.6 is 0 Å². The maximum absolute atomic E-state index is 5.98. The number of allylic oxidation sites excluding steroid dienone is 12. The van der Waals surface area contributed by atoms with E-state index >= 15 is 0 Å². The lowest BCUT2D eigenvalue weighted by Gasteiger charge is -2.12. The van der Waals surface area contributed by atoms with Crippen molar-refractivity contribution in [2.24, 2.45) is 25.7 Å². The molecule has 0 unspecified atom stereocenters. The van der Waals surface area contributed by atoms with Gasteiger partial charge in [0.1, 0.15) is 0 Å². The number of aliphatic imine (C=N–C) groups is 4. The summed E-state index contributed by atoms with van der Waals surface area (Å²) in [5.41, 5.74) is 21.8. The van der Waals surface area contributed by atoms with Crippen molar-refractivity contribution < 1.29 is 0 Å². The smallest absolute Gasteiger partial charge is 0.0738 e. The fourth-order valence-electron chi connectivity index (χ4n) is 6.89. The molecule has 5 aliphatic rings. The third kappa shape index (κ3) is 5.27. The predicted octanol–water partition coefficient (Wildman–Crippen LogP) is 9.15. The Hall–Kier alpha value is -6.56. The third-order valence-corrected chi connectivity index (χ3v) is 9.27. The number of nitrogens with zero attached hydrogens (tertiary/aromatic N) is 4. The van der Waals surface area contributed by atoms with Crippen LogP contribution in [0.25, 0.3) is 22.3 Å². The normalized spacial score (nSPS) is 17.6. The van der Waals surface area contributed by atoms with E-state index in [9.17, 15) is 0 Å². The van der Waals surface area contributed by atoms with E-state index in [4.69, 9.17) is 25.7 Å². The van der Waals surface area contributed by atoms with Gasteiger partial charge in [0.05, 0.1) is 45.6 Å². The summed E-state index contributed by atoms with van der Waals surface area (Å²) in [7, 11) is 0. The lowest BCUT2D eigenvalue weighted by atomic mass is 9.97. The largest absolute Gasteiger partial charge is 0.326 e. The van der Waals surface area contributed by atoms with Crippen molar-refractivity contribution in [3.8, 4) is 0 Å². The SMILES string of the molecule is NCc1ccc(C2=C3C=CC(=N3)C(c3ccccc3)=C3C=CC(=N3)C(c3ccccc3)=C3C=CC(=N3)C(c3ccccc3)=C3C=CC2=N3)cc1. The van der Waals surface area contributed by atoms with Gasteiger partial charge in [-0.1, -0.05) is 115 Å². The van der Waals surface area contributed by atoms with E-state index in [-0.39, 0.29) is 0 Å². The van der Waals surface area contributed by atoms with Gasteiger partial charge in [0, 0.05) is 28.8 Å². The van der Waals surface area contributed by atoms with Crippen molar-refractivity contribution in [1.82, 2.24) is 0 Å². The number of benzene rings is 4. The van der Waals surface area contributed by atoms with Gasteiger partial charge in [0.25, 0.3) is 0 Å². The maximum atomic E-state index is 5.98. The molecule has 5 heteroatoms. The Kier molecular flexibility index (Phi) is 7.38. The molecule has 0 spiro atoms. The van der Waals surface area contributed by atoms with Crippen LogP contribution in [0, 0.1) is 0 Å². The van der Waals surface area contributed by atoms with Crippen LogP contribution < -0.4 is 5.73 Å². The number of hydrogen-bond acceptors (Lipinski definition) is 5. The van der Waals surface area contributed by atoms with Crippen molar-refractivity contribution in [1.29, 1.82) is 0 Å². The van der Waals surface area contributed by atoms with Gasteiger partial charge in [0.15, 0.2) is 0 Å². The number of hydrogen-bond donors (Lipinski definition) is 1. The Balaban J connectivity index is 1.36. The first-order valence-electron chi connectivity index (χ1n) is 16.7. The topological polar surface area (TPSA) is 75.5 Å². The summed E-state index contributed by atoms with van der Waals surface area (Å²) in [5.74, 6) is 0. The number of fused-ring (bicyclic) bond motifs is 4. The molecule has 4 aromatic carbocycles. The summed E-state index contributed by atoms with van der Waals surface area (Å²) in [6.07, 6.45) is 16.8. The first-order chi connectivity index (χ1) is 24.7. The summed E-state index contributed by atoms with van der Waals surface area (Å²) in [5, 5.41) is 0. The second kappa shape index (κ2) is 12.5. The molecule has 0 atom stereocenters. The van der Waals surface area contributed by atoms with Gasteiger partial charge in [0.2, 0.25) is 0 Å². The van der Waals surface area contributed by atoms with E-state index in [1.807, 2.05) is 18.2 Å². The van der Waals surface area contributed by atoms with Gasteiger partial charge in [-0.15, -0.1) is 0 Å². The Labute approximate surface area is 291 Å². The molecule has 0 saturated heterocycles. The molecule has 0 amide bonds. The van der Waals surface area contributed by atoms with Crippen LogP contribution in [-0.2, 0) is 6.54 Å². The zero-order valence-corrected chi connectivity index (χ0v) is 27.2. The van der Waals surface area contributed by atoms with Crippen LogP contribution in [0.2, 0.25) is 0 Å². The van der Waals surface area contributed by atoms with Gasteiger partial charge in [-0.2, -0.15) is 0 Å². The highest BCUT2D eigenvalue weighted by Crippen LogP contribution is 2.38. The molecule has 236 valence electrons. The van der Waals surface area contributed by atoms with Crippen LogP contribution in [0.5, 0.6) is 0 Å². The molecule has 4 aromatic rings. The Morgan fingerprint density at radius 3 is 0.880 bits per heavy atom. The summed E-state index contributed by atoms with van der Waals surface area (Å²) in [6.45, 7) is 0.477. The molecular formula is C45H31N5. The highest BCUT2D eigenvalue weighted by Gasteiger charge is 2.27. The van der Waals surface area contributed by atoms with Crippen molar-refractivity contribution in [2.75, 3.05) is 0 Å². The number of nitrogens with two attached hydrogens (primary N) is 1. The Morgan fingerprint density at radius 1 is 0.320 bits per heavy atom. The molecule has 5 aliphatic heterocycles. The van der Waals surface area contributed by atoms with E-state index in [0.717, 1.165) is 95.7 Å². The van der Waals surface area contributed by atoms with Crippen LogP contribution in [0.4, 0.5) is 0 Å². The van der Waals surface area contributed by atoms with Gasteiger partial charge < -0.3 is 5.73 Å². The van der Waals surface area contributed by atoms with Crippen molar-refractivity contribution >= 4 is 45.1 Å². The average molecular weight is 642 g/mol. The zero-order chi connectivity index (χ0) is 33.4. The fourth-order valence-corrected chi connectivity index (χ4v) is 6.89. The quantitative estimate of drug-likeness (QED) is 0.232. The second-order valence-corrected chi connectivity index (χ2v) is 12.4. The Bertz CT molecular complexity index is 2400. The van der Waals surface area contributed by atoms with E-state index in [1.165, 1.54) is 0 Å². The average Bonchev–Trinajstić information content (AvgIpc) is 4.01. The van der Waals surface area contributed by atoms with Crippen molar-refractivity contribution in [2.45, 2.75) is 6.54 Å². The van der Waals surface area contributed by atoms with E-state index in [1.54, 1.807) is 0 Å². The third-order valence-electron chi connectivity index (χ3n) is 9.27. The standard InChI is InChI=1S/C45H31N5/c46-28-29-16-18-33(19-17-29)45-40-26-24-38(49-40)43(31-12-6-2-7-13-31)36-22-20-34(47-36)42(30-10-4-1-5-11-30)35-21-23-37(48-35)44(32-14-8-3-9-15-32)39-25-27-41(45)50-39/h1-27H,28,46H2. The van der Waals surface area contributed by atoms with Crippen LogP contribution in [0.1, 0.15) is 27.8 Å². The molecular weight excluding hydrogens is 611 g/mol. The second-order valence-electron chi connectivity index (χ2n) is 12.4. The van der Waals surface area contributed by atoms with Gasteiger partial charge >= 0.3 is 0 Å². The highest BCUT2D eigenvalue weighted by molar-refractivity contribution is 6.39. The first kappa shape index (κ1) is 29.6. The summed E-state index contributed by atoms with van der Waals surface area (Å²) in [4.78, 5) is 21.3. The minimum Gasteiger partial charge on any atom is -0.326 e. The molecule has 0 aliphatic carbocycles. The predicted molar refractivity (Wildman–Crippen MR) is 208 cm³/mol. The van der Waals surface area contributed by atoms with Crippen molar-refractivity contribution in [3.05, 3.63) is 214 Å². The van der Waals surface area contributed by atoms with Crippen LogP contribution in [-0.4, -0.2) is 22.8 Å². The molecule has 8 bridgehead atoms. The lowest BCUT2D eigenvalue weighted by molar-refractivity contribution is 1.07. The van der Waals surface area contributed by atoms with E-state index < -0.39 is 0 Å². The summed E-state index contributed by atoms with van der Waals surface area (Å²) in [6, 6.07) is 39.5. The minimum atomic E-state index is 0.477. The molecule has 0 aromatic heterocycles. The van der Waals surface area contributed by atoms with Gasteiger partial charge in [-0.3, -0.25) is 0 Å². The molecule has 0 radical (unpaired) electrons. The van der Waals surface area contributed by atoms with Crippen LogP contribution in [0.3, 0.4) is 0 Å². The highest BCUT2D eigenvalue weighted by atomic mass is 14.9. The first-order valence-corrected chi connectivity index (χ1v) is 16.7.